The maximum Gasteiger partial charge on any atom is 0.299 e. The van der Waals surface area contributed by atoms with Gasteiger partial charge in [-0.1, -0.05) is 0 Å². The summed E-state index contributed by atoms with van der Waals surface area (Å²) in [7, 11) is 0. The van der Waals surface area contributed by atoms with E-state index >= 15 is 0 Å². The number of hydrogen-bond acceptors (Lipinski definition) is 6. The highest BCUT2D eigenvalue weighted by Crippen LogP contribution is 2.28. The first-order valence-electron chi connectivity index (χ1n) is 8.85. The highest BCUT2D eigenvalue weighted by atomic mass is 19.3. The lowest BCUT2D eigenvalue weighted by molar-refractivity contribution is -0.123. The molecule has 2 aromatic heterocycles. The van der Waals surface area contributed by atoms with Gasteiger partial charge in [-0.05, 0) is 44.4 Å². The van der Waals surface area contributed by atoms with Crippen molar-refractivity contribution in [2.24, 2.45) is 5.73 Å². The van der Waals surface area contributed by atoms with Gasteiger partial charge < -0.3 is 10.6 Å². The van der Waals surface area contributed by atoms with Crippen LogP contribution in [-0.4, -0.2) is 62.3 Å². The van der Waals surface area contributed by atoms with Gasteiger partial charge in [0.25, 0.3) is 6.43 Å². The van der Waals surface area contributed by atoms with Crippen molar-refractivity contribution < 1.29 is 13.6 Å². The number of carbonyl (C=O) groups is 1. The van der Waals surface area contributed by atoms with Crippen LogP contribution >= 0.6 is 0 Å². The van der Waals surface area contributed by atoms with E-state index in [2.05, 4.69) is 25.1 Å². The number of amides is 1. The molecule has 0 aromatic carbocycles. The Bertz CT molecular complexity index is 803. The second kappa shape index (κ2) is 6.75. The maximum absolute atomic E-state index is 13.0. The minimum absolute atomic E-state index is 0.161. The van der Waals surface area contributed by atoms with Crippen LogP contribution in [0.3, 0.4) is 0 Å². The molecule has 1 unspecified atom stereocenters. The monoisotopic (exact) mass is 365 g/mol. The van der Waals surface area contributed by atoms with Crippen molar-refractivity contribution in [2.45, 2.75) is 44.2 Å². The fourth-order valence-corrected chi connectivity index (χ4v) is 4.06. The molecular weight excluding hydrogens is 344 g/mol. The number of fused-ring (bicyclic) bond motifs is 1. The predicted molar refractivity (Wildman–Crippen MR) is 89.9 cm³/mol. The number of rotatable bonds is 4. The van der Waals surface area contributed by atoms with E-state index in [9.17, 15) is 13.6 Å². The molecule has 2 aromatic rings. The lowest BCUT2D eigenvalue weighted by Crippen LogP contribution is -2.50. The molecule has 0 aliphatic carbocycles. The van der Waals surface area contributed by atoms with E-state index in [1.165, 1.54) is 0 Å². The number of likely N-dealkylation sites (tertiary alicyclic amines) is 1. The maximum atomic E-state index is 13.0. The van der Waals surface area contributed by atoms with Crippen LogP contribution in [0.15, 0.2) is 12.1 Å². The normalized spacial score (nSPS) is 22.6. The topological polar surface area (TPSA) is 92.7 Å². The number of alkyl halides is 2. The Morgan fingerprint density at radius 1 is 1.15 bits per heavy atom. The molecule has 4 heterocycles. The Morgan fingerprint density at radius 2 is 1.92 bits per heavy atom. The zero-order valence-electron chi connectivity index (χ0n) is 14.3. The largest absolute Gasteiger partial charge is 0.368 e. The first-order valence-corrected chi connectivity index (χ1v) is 8.85. The number of nitrogens with zero attached hydrogens (tertiary/aromatic N) is 6. The van der Waals surface area contributed by atoms with Gasteiger partial charge in [0, 0.05) is 19.1 Å². The van der Waals surface area contributed by atoms with E-state index in [4.69, 9.17) is 5.73 Å². The van der Waals surface area contributed by atoms with Crippen LogP contribution in [0.5, 0.6) is 0 Å². The van der Waals surface area contributed by atoms with Gasteiger partial charge in [0.1, 0.15) is 5.82 Å². The molecule has 10 heteroatoms. The summed E-state index contributed by atoms with van der Waals surface area (Å²) in [6.07, 6.45) is 0.869. The number of nitrogens with two attached hydrogens (primary N) is 1. The fourth-order valence-electron chi connectivity index (χ4n) is 4.06. The van der Waals surface area contributed by atoms with Crippen molar-refractivity contribution in [1.82, 2.24) is 24.7 Å². The van der Waals surface area contributed by atoms with E-state index in [1.54, 1.807) is 12.1 Å². The summed E-state index contributed by atoms with van der Waals surface area (Å²) in [6.45, 7) is 2.40. The number of anilines is 1. The molecule has 2 aliphatic rings. The lowest BCUT2D eigenvalue weighted by atomic mass is 10.0. The molecule has 2 aliphatic heterocycles. The van der Waals surface area contributed by atoms with E-state index in [1.807, 2.05) is 0 Å². The molecule has 4 rings (SSSR count). The molecule has 2 N–H and O–H groups in total. The van der Waals surface area contributed by atoms with Crippen LogP contribution in [0.4, 0.5) is 14.6 Å². The third-order valence-corrected chi connectivity index (χ3v) is 5.35. The number of primary amides is 1. The van der Waals surface area contributed by atoms with Gasteiger partial charge in [0.2, 0.25) is 11.7 Å². The molecule has 2 fully saturated rings. The molecule has 1 amide bonds. The summed E-state index contributed by atoms with van der Waals surface area (Å²) in [5.41, 5.74) is 5.82. The zero-order valence-corrected chi connectivity index (χ0v) is 14.3. The average Bonchev–Trinajstić information content (AvgIpc) is 3.28. The first-order chi connectivity index (χ1) is 12.5. The SMILES string of the molecule is NC(=O)C1CCCN1C1CCN(c2ccc3nnc(C(F)F)n3n2)CC1. The molecule has 0 bridgehead atoms. The molecule has 0 radical (unpaired) electrons. The summed E-state index contributed by atoms with van der Waals surface area (Å²) in [5, 5.41) is 11.5. The second-order valence-corrected chi connectivity index (χ2v) is 6.84. The standard InChI is InChI=1S/C16H21F2N7O/c17-14(18)16-21-20-12-3-4-13(22-25(12)16)23-8-5-10(6-9-23)24-7-1-2-11(24)15(19)26/h3-4,10-11,14H,1-2,5-9H2,(H2,19,26). The highest BCUT2D eigenvalue weighted by Gasteiger charge is 2.35. The Hall–Kier alpha value is -2.36. The van der Waals surface area contributed by atoms with Gasteiger partial charge in [-0.3, -0.25) is 9.69 Å². The Labute approximate surface area is 149 Å². The Balaban J connectivity index is 1.47. The molecule has 1 atom stereocenters. The van der Waals surface area contributed by atoms with Gasteiger partial charge in [-0.25, -0.2) is 8.78 Å². The number of halogens is 2. The Morgan fingerprint density at radius 3 is 2.62 bits per heavy atom. The molecule has 8 nitrogen and oxygen atoms in total. The molecule has 26 heavy (non-hydrogen) atoms. The van der Waals surface area contributed by atoms with Crippen LogP contribution in [0.1, 0.15) is 37.9 Å². The van der Waals surface area contributed by atoms with E-state index in [0.717, 1.165) is 49.8 Å². The number of hydrogen-bond donors (Lipinski definition) is 1. The van der Waals surface area contributed by atoms with Gasteiger partial charge in [-0.15, -0.1) is 15.3 Å². The number of aromatic nitrogens is 4. The summed E-state index contributed by atoms with van der Waals surface area (Å²) in [6, 6.07) is 3.59. The van der Waals surface area contributed by atoms with Crippen LogP contribution in [0, 0.1) is 0 Å². The summed E-state index contributed by atoms with van der Waals surface area (Å²) in [5.74, 6) is -0.0622. The number of piperidine rings is 1. The van der Waals surface area contributed by atoms with E-state index in [0.29, 0.717) is 17.5 Å². The predicted octanol–water partition coefficient (Wildman–Crippen LogP) is 0.980. The molecule has 2 saturated heterocycles. The van der Waals surface area contributed by atoms with E-state index in [-0.39, 0.29) is 11.9 Å². The third kappa shape index (κ3) is 2.98. The van der Waals surface area contributed by atoms with Crippen molar-refractivity contribution in [3.8, 4) is 0 Å². The summed E-state index contributed by atoms with van der Waals surface area (Å²) < 4.78 is 27.1. The minimum atomic E-state index is -2.72. The smallest absolute Gasteiger partial charge is 0.299 e. The molecule has 0 saturated carbocycles. The van der Waals surface area contributed by atoms with E-state index < -0.39 is 12.2 Å². The fraction of sp³-hybridized carbons (Fsp3) is 0.625. The Kier molecular flexibility index (Phi) is 4.43. The van der Waals surface area contributed by atoms with Crippen LogP contribution in [0.2, 0.25) is 0 Å². The van der Waals surface area contributed by atoms with Crippen LogP contribution in [0.25, 0.3) is 5.65 Å². The quantitative estimate of drug-likeness (QED) is 0.868. The highest BCUT2D eigenvalue weighted by molar-refractivity contribution is 5.80. The third-order valence-electron chi connectivity index (χ3n) is 5.35. The van der Waals surface area contributed by atoms with Gasteiger partial charge in [0.15, 0.2) is 5.65 Å². The zero-order chi connectivity index (χ0) is 18.3. The molecule has 140 valence electrons. The van der Waals surface area contributed by atoms with Crippen molar-refractivity contribution in [1.29, 1.82) is 0 Å². The van der Waals surface area contributed by atoms with Crippen molar-refractivity contribution in [2.75, 3.05) is 24.5 Å². The lowest BCUT2D eigenvalue weighted by Gasteiger charge is -2.39. The summed E-state index contributed by atoms with van der Waals surface area (Å²) >= 11 is 0. The van der Waals surface area contributed by atoms with Crippen molar-refractivity contribution in [3.63, 3.8) is 0 Å². The summed E-state index contributed by atoms with van der Waals surface area (Å²) in [4.78, 5) is 15.9. The average molecular weight is 365 g/mol. The first kappa shape index (κ1) is 17.1. The number of carbonyl (C=O) groups excluding carboxylic acids is 1. The second-order valence-electron chi connectivity index (χ2n) is 6.84. The molecular formula is C16H21F2N7O. The van der Waals surface area contributed by atoms with Crippen molar-refractivity contribution >= 4 is 17.4 Å². The minimum Gasteiger partial charge on any atom is -0.368 e. The van der Waals surface area contributed by atoms with Crippen LogP contribution < -0.4 is 10.6 Å². The van der Waals surface area contributed by atoms with Gasteiger partial charge in [-0.2, -0.15) is 4.52 Å². The van der Waals surface area contributed by atoms with Crippen molar-refractivity contribution in [3.05, 3.63) is 18.0 Å². The molecule has 0 spiro atoms. The van der Waals surface area contributed by atoms with Crippen LogP contribution in [-0.2, 0) is 4.79 Å². The van der Waals surface area contributed by atoms with Gasteiger partial charge >= 0.3 is 0 Å². The van der Waals surface area contributed by atoms with Gasteiger partial charge in [0.05, 0.1) is 6.04 Å².